The summed E-state index contributed by atoms with van der Waals surface area (Å²) in [6, 6.07) is 9.51. The molecule has 0 fully saturated rings. The summed E-state index contributed by atoms with van der Waals surface area (Å²) in [6.45, 7) is 1.82. The fourth-order valence-electron chi connectivity index (χ4n) is 1.76. The highest BCUT2D eigenvalue weighted by Gasteiger charge is 2.30. The smallest absolute Gasteiger partial charge is 0.322 e. The minimum Gasteiger partial charge on any atom is -0.322 e. The fraction of sp³-hybridized carbons (Fsp3) is 0.133. The molecule has 0 radical (unpaired) electrons. The lowest BCUT2D eigenvalue weighted by Gasteiger charge is -2.10. The zero-order chi connectivity index (χ0) is 15.6. The molecule has 0 unspecified atom stereocenters. The minimum atomic E-state index is -4.44. The van der Waals surface area contributed by atoms with E-state index in [0.29, 0.717) is 5.56 Å². The van der Waals surface area contributed by atoms with Crippen LogP contribution in [-0.4, -0.2) is 5.91 Å². The molecule has 2 aromatic carbocycles. The molecule has 0 aliphatic carbocycles. The third-order valence-corrected chi connectivity index (χ3v) is 3.76. The molecule has 2 rings (SSSR count). The van der Waals surface area contributed by atoms with E-state index in [-0.39, 0.29) is 5.69 Å². The predicted molar refractivity (Wildman–Crippen MR) is 78.3 cm³/mol. The van der Waals surface area contributed by atoms with Crippen molar-refractivity contribution in [2.24, 2.45) is 0 Å². The first-order chi connectivity index (χ1) is 9.77. The number of carbonyl (C=O) groups excluding carboxylic acids is 1. The van der Waals surface area contributed by atoms with Crippen molar-refractivity contribution in [1.82, 2.24) is 0 Å². The highest BCUT2D eigenvalue weighted by molar-refractivity contribution is 9.10. The lowest BCUT2D eigenvalue weighted by atomic mass is 10.1. The van der Waals surface area contributed by atoms with Gasteiger partial charge in [-0.25, -0.2) is 0 Å². The van der Waals surface area contributed by atoms with Crippen LogP contribution in [0.25, 0.3) is 0 Å². The first-order valence-electron chi connectivity index (χ1n) is 6.02. The van der Waals surface area contributed by atoms with E-state index in [1.807, 2.05) is 6.92 Å². The largest absolute Gasteiger partial charge is 0.416 e. The van der Waals surface area contributed by atoms with Crippen LogP contribution in [0.2, 0.25) is 0 Å². The average Bonchev–Trinajstić information content (AvgIpc) is 2.41. The summed E-state index contributed by atoms with van der Waals surface area (Å²) in [4.78, 5) is 12.0. The molecular weight excluding hydrogens is 347 g/mol. The molecular formula is C15H11BrF3NO. The second kappa shape index (κ2) is 5.89. The number of amides is 1. The normalized spacial score (nSPS) is 11.3. The van der Waals surface area contributed by atoms with E-state index in [1.54, 1.807) is 18.2 Å². The summed E-state index contributed by atoms with van der Waals surface area (Å²) in [5.41, 5.74) is 0.558. The molecule has 1 N–H and O–H groups in total. The molecule has 0 aliphatic rings. The molecule has 0 atom stereocenters. The van der Waals surface area contributed by atoms with Crippen molar-refractivity contribution in [3.8, 4) is 0 Å². The molecule has 0 saturated carbocycles. The van der Waals surface area contributed by atoms with Crippen molar-refractivity contribution >= 4 is 27.5 Å². The van der Waals surface area contributed by atoms with Gasteiger partial charge in [-0.3, -0.25) is 4.79 Å². The van der Waals surface area contributed by atoms with Gasteiger partial charge in [-0.1, -0.05) is 22.0 Å². The van der Waals surface area contributed by atoms with Crippen molar-refractivity contribution in [2.75, 3.05) is 5.32 Å². The third-order valence-electron chi connectivity index (χ3n) is 2.87. The molecule has 0 heterocycles. The maximum absolute atomic E-state index is 12.6. The molecule has 2 nitrogen and oxygen atoms in total. The van der Waals surface area contributed by atoms with Gasteiger partial charge in [0.15, 0.2) is 0 Å². The maximum Gasteiger partial charge on any atom is 0.416 e. The van der Waals surface area contributed by atoms with Gasteiger partial charge >= 0.3 is 6.18 Å². The molecule has 6 heteroatoms. The van der Waals surface area contributed by atoms with Crippen molar-refractivity contribution in [2.45, 2.75) is 13.1 Å². The minimum absolute atomic E-state index is 0.107. The van der Waals surface area contributed by atoms with Crippen LogP contribution < -0.4 is 5.32 Å². The molecule has 0 spiro atoms. The number of aryl methyl sites for hydroxylation is 1. The van der Waals surface area contributed by atoms with E-state index in [4.69, 9.17) is 0 Å². The van der Waals surface area contributed by atoms with Crippen LogP contribution in [0.3, 0.4) is 0 Å². The van der Waals surface area contributed by atoms with Crippen LogP contribution in [0.1, 0.15) is 21.5 Å². The monoisotopic (exact) mass is 357 g/mol. The number of halogens is 4. The average molecular weight is 358 g/mol. The molecule has 2 aromatic rings. The van der Waals surface area contributed by atoms with Gasteiger partial charge in [0, 0.05) is 15.7 Å². The Morgan fingerprint density at radius 2 is 1.86 bits per heavy atom. The number of carbonyl (C=O) groups is 1. The van der Waals surface area contributed by atoms with Crippen LogP contribution >= 0.6 is 15.9 Å². The standard InChI is InChI=1S/C15H11BrF3NO/c1-9-7-10(5-6-13(9)16)14(21)20-12-4-2-3-11(8-12)15(17,18)19/h2-8H,1H3,(H,20,21). The number of nitrogens with one attached hydrogen (secondary N) is 1. The molecule has 0 aromatic heterocycles. The number of anilines is 1. The Labute approximate surface area is 128 Å². The van der Waals surface area contributed by atoms with E-state index >= 15 is 0 Å². The van der Waals surface area contributed by atoms with Crippen LogP contribution in [0, 0.1) is 6.92 Å². The highest BCUT2D eigenvalue weighted by atomic mass is 79.9. The van der Waals surface area contributed by atoms with E-state index in [1.165, 1.54) is 12.1 Å². The third kappa shape index (κ3) is 3.85. The van der Waals surface area contributed by atoms with Crippen molar-refractivity contribution in [1.29, 1.82) is 0 Å². The van der Waals surface area contributed by atoms with E-state index in [2.05, 4.69) is 21.2 Å². The Kier molecular flexibility index (Phi) is 4.37. The Morgan fingerprint density at radius 3 is 2.48 bits per heavy atom. The summed E-state index contributed by atoms with van der Waals surface area (Å²) in [6.07, 6.45) is -4.44. The van der Waals surface area contributed by atoms with Gasteiger partial charge in [0.25, 0.3) is 5.91 Å². The molecule has 0 saturated heterocycles. The highest BCUT2D eigenvalue weighted by Crippen LogP contribution is 2.30. The summed E-state index contributed by atoms with van der Waals surface area (Å²) in [5.74, 6) is -0.454. The number of hydrogen-bond acceptors (Lipinski definition) is 1. The van der Waals surface area contributed by atoms with Crippen LogP contribution in [0.15, 0.2) is 46.9 Å². The lowest BCUT2D eigenvalue weighted by molar-refractivity contribution is -0.137. The van der Waals surface area contributed by atoms with Crippen molar-refractivity contribution in [3.05, 3.63) is 63.6 Å². The Bertz CT molecular complexity index is 683. The number of hydrogen-bond donors (Lipinski definition) is 1. The van der Waals surface area contributed by atoms with Crippen LogP contribution in [-0.2, 0) is 6.18 Å². The predicted octanol–water partition coefficient (Wildman–Crippen LogP) is 5.03. The van der Waals surface area contributed by atoms with Gasteiger partial charge in [-0.05, 0) is 48.9 Å². The SMILES string of the molecule is Cc1cc(C(=O)Nc2cccc(C(F)(F)F)c2)ccc1Br. The van der Waals surface area contributed by atoms with E-state index in [0.717, 1.165) is 22.2 Å². The Morgan fingerprint density at radius 1 is 1.14 bits per heavy atom. The maximum atomic E-state index is 12.6. The molecule has 21 heavy (non-hydrogen) atoms. The molecule has 0 aliphatic heterocycles. The second-order valence-electron chi connectivity index (χ2n) is 4.50. The Balaban J connectivity index is 2.21. The lowest BCUT2D eigenvalue weighted by Crippen LogP contribution is -2.13. The summed E-state index contributed by atoms with van der Waals surface area (Å²) in [5, 5.41) is 2.46. The summed E-state index contributed by atoms with van der Waals surface area (Å²) < 4.78 is 38.7. The van der Waals surface area contributed by atoms with Crippen molar-refractivity contribution < 1.29 is 18.0 Å². The van der Waals surface area contributed by atoms with Crippen LogP contribution in [0.4, 0.5) is 18.9 Å². The first kappa shape index (κ1) is 15.6. The van der Waals surface area contributed by atoms with Crippen molar-refractivity contribution in [3.63, 3.8) is 0 Å². The Hall–Kier alpha value is -1.82. The van der Waals surface area contributed by atoms with E-state index in [9.17, 15) is 18.0 Å². The second-order valence-corrected chi connectivity index (χ2v) is 5.35. The zero-order valence-electron chi connectivity index (χ0n) is 11.0. The quantitative estimate of drug-likeness (QED) is 0.802. The van der Waals surface area contributed by atoms with Crippen LogP contribution in [0.5, 0.6) is 0 Å². The van der Waals surface area contributed by atoms with Gasteiger partial charge in [0.1, 0.15) is 0 Å². The molecule has 1 amide bonds. The number of alkyl halides is 3. The van der Waals surface area contributed by atoms with Gasteiger partial charge < -0.3 is 5.32 Å². The zero-order valence-corrected chi connectivity index (χ0v) is 12.5. The van der Waals surface area contributed by atoms with Gasteiger partial charge in [0.2, 0.25) is 0 Å². The van der Waals surface area contributed by atoms with Gasteiger partial charge in [-0.15, -0.1) is 0 Å². The van der Waals surface area contributed by atoms with Gasteiger partial charge in [0.05, 0.1) is 5.56 Å². The van der Waals surface area contributed by atoms with Gasteiger partial charge in [-0.2, -0.15) is 13.2 Å². The summed E-state index contributed by atoms with van der Waals surface area (Å²) >= 11 is 3.32. The number of benzene rings is 2. The molecule has 0 bridgehead atoms. The first-order valence-corrected chi connectivity index (χ1v) is 6.81. The van der Waals surface area contributed by atoms with E-state index < -0.39 is 17.6 Å². The topological polar surface area (TPSA) is 29.1 Å². The number of rotatable bonds is 2. The molecule has 110 valence electrons. The summed E-state index contributed by atoms with van der Waals surface area (Å²) in [7, 11) is 0. The fourth-order valence-corrected chi connectivity index (χ4v) is 2.01.